The Kier molecular flexibility index (Phi) is 7.12. The molecule has 31 heavy (non-hydrogen) atoms. The SMILES string of the molecule is CCCC1CCC(c2ccc(C(F)=C(F)c3ccc(C(F)(F)F)c(F)c3)c(F)c2)CC1. The molecule has 0 N–H and O–H groups in total. The largest absolute Gasteiger partial charge is 0.419 e. The zero-order valence-electron chi connectivity index (χ0n) is 17.0. The first-order chi connectivity index (χ1) is 14.6. The van der Waals surface area contributed by atoms with Crippen LogP contribution in [-0.4, -0.2) is 0 Å². The number of alkyl halides is 3. The minimum atomic E-state index is -4.96. The Morgan fingerprint density at radius 3 is 2.10 bits per heavy atom. The van der Waals surface area contributed by atoms with E-state index < -0.39 is 46.2 Å². The van der Waals surface area contributed by atoms with Gasteiger partial charge in [-0.05, 0) is 67.3 Å². The van der Waals surface area contributed by atoms with Crippen LogP contribution in [0.4, 0.5) is 30.7 Å². The van der Waals surface area contributed by atoms with Crippen molar-refractivity contribution < 1.29 is 30.7 Å². The summed E-state index contributed by atoms with van der Waals surface area (Å²) in [6.07, 6.45) is 1.23. The molecule has 1 aliphatic rings. The molecule has 1 saturated carbocycles. The highest BCUT2D eigenvalue weighted by atomic mass is 19.4. The first-order valence-electron chi connectivity index (χ1n) is 10.3. The molecule has 0 radical (unpaired) electrons. The van der Waals surface area contributed by atoms with Crippen molar-refractivity contribution in [2.75, 3.05) is 0 Å². The molecule has 0 atom stereocenters. The molecule has 0 amide bonds. The van der Waals surface area contributed by atoms with Crippen molar-refractivity contribution >= 4 is 11.7 Å². The molecule has 0 saturated heterocycles. The monoisotopic (exact) mass is 444 g/mol. The van der Waals surface area contributed by atoms with Gasteiger partial charge >= 0.3 is 6.18 Å². The molecule has 1 aliphatic carbocycles. The zero-order chi connectivity index (χ0) is 22.8. The normalized spacial score (nSPS) is 20.5. The van der Waals surface area contributed by atoms with Crippen molar-refractivity contribution in [1.29, 1.82) is 0 Å². The van der Waals surface area contributed by atoms with Crippen LogP contribution >= 0.6 is 0 Å². The Morgan fingerprint density at radius 1 is 0.871 bits per heavy atom. The Hall–Kier alpha value is -2.31. The van der Waals surface area contributed by atoms with Crippen molar-refractivity contribution in [2.24, 2.45) is 5.92 Å². The Labute approximate surface area is 176 Å². The van der Waals surface area contributed by atoms with Crippen LogP contribution in [-0.2, 0) is 6.18 Å². The van der Waals surface area contributed by atoms with Crippen LogP contribution in [0, 0.1) is 17.6 Å². The van der Waals surface area contributed by atoms with E-state index in [2.05, 4.69) is 6.92 Å². The summed E-state index contributed by atoms with van der Waals surface area (Å²) >= 11 is 0. The minimum absolute atomic E-state index is 0.151. The fourth-order valence-corrected chi connectivity index (χ4v) is 4.28. The second-order valence-electron chi connectivity index (χ2n) is 8.07. The van der Waals surface area contributed by atoms with Gasteiger partial charge in [-0.15, -0.1) is 0 Å². The van der Waals surface area contributed by atoms with Gasteiger partial charge in [-0.2, -0.15) is 13.2 Å². The van der Waals surface area contributed by atoms with E-state index in [1.165, 1.54) is 12.5 Å². The lowest BCUT2D eigenvalue weighted by molar-refractivity contribution is -0.140. The van der Waals surface area contributed by atoms with E-state index >= 15 is 0 Å². The van der Waals surface area contributed by atoms with Crippen molar-refractivity contribution in [3.63, 3.8) is 0 Å². The number of hydrogen-bond acceptors (Lipinski definition) is 0. The van der Waals surface area contributed by atoms with Crippen molar-refractivity contribution in [1.82, 2.24) is 0 Å². The summed E-state index contributed by atoms with van der Waals surface area (Å²) in [5, 5.41) is 0. The maximum Gasteiger partial charge on any atom is 0.419 e. The zero-order valence-corrected chi connectivity index (χ0v) is 17.0. The fraction of sp³-hybridized carbons (Fsp3) is 0.417. The third-order valence-corrected chi connectivity index (χ3v) is 5.97. The van der Waals surface area contributed by atoms with Gasteiger partial charge in [-0.1, -0.05) is 31.9 Å². The third-order valence-electron chi connectivity index (χ3n) is 5.97. The Balaban J connectivity index is 1.82. The van der Waals surface area contributed by atoms with Gasteiger partial charge < -0.3 is 0 Å². The predicted octanol–water partition coefficient (Wildman–Crippen LogP) is 8.82. The molecule has 0 nitrogen and oxygen atoms in total. The average molecular weight is 444 g/mol. The number of rotatable bonds is 5. The number of hydrogen-bond donors (Lipinski definition) is 0. The van der Waals surface area contributed by atoms with Gasteiger partial charge in [0.2, 0.25) is 0 Å². The van der Waals surface area contributed by atoms with E-state index in [1.807, 2.05) is 0 Å². The molecule has 168 valence electrons. The molecular formula is C24H23F7. The molecule has 0 heterocycles. The van der Waals surface area contributed by atoms with Gasteiger partial charge in [0.05, 0.1) is 5.56 Å². The fourth-order valence-electron chi connectivity index (χ4n) is 4.28. The van der Waals surface area contributed by atoms with Gasteiger partial charge in [0.25, 0.3) is 0 Å². The van der Waals surface area contributed by atoms with E-state index in [4.69, 9.17) is 0 Å². The highest BCUT2D eigenvalue weighted by Crippen LogP contribution is 2.39. The smallest absolute Gasteiger partial charge is 0.206 e. The van der Waals surface area contributed by atoms with Crippen LogP contribution in [0.1, 0.15) is 73.6 Å². The van der Waals surface area contributed by atoms with Crippen LogP contribution < -0.4 is 0 Å². The third kappa shape index (κ3) is 5.31. The molecule has 2 aromatic carbocycles. The summed E-state index contributed by atoms with van der Waals surface area (Å²) in [6.45, 7) is 2.14. The first kappa shape index (κ1) is 23.4. The molecule has 0 aliphatic heterocycles. The maximum atomic E-state index is 14.6. The quantitative estimate of drug-likeness (QED) is 0.319. The lowest BCUT2D eigenvalue weighted by atomic mass is 9.77. The minimum Gasteiger partial charge on any atom is -0.206 e. The molecule has 0 spiro atoms. The standard InChI is InChI=1S/C24H23F7/c1-2-3-14-4-6-15(7-5-14)16-8-10-18(20(25)12-16)23(28)22(27)17-9-11-19(21(26)13-17)24(29,30)31/h8-15H,2-7H2,1H3. The number of halogens is 7. The first-order valence-corrected chi connectivity index (χ1v) is 10.3. The van der Waals surface area contributed by atoms with Crippen molar-refractivity contribution in [3.05, 3.63) is 70.3 Å². The van der Waals surface area contributed by atoms with Gasteiger partial charge in [0.1, 0.15) is 11.6 Å². The summed E-state index contributed by atoms with van der Waals surface area (Å²) in [4.78, 5) is 0. The molecule has 7 heteroatoms. The number of benzene rings is 2. The van der Waals surface area contributed by atoms with Gasteiger partial charge in [-0.3, -0.25) is 0 Å². The van der Waals surface area contributed by atoms with E-state index in [-0.39, 0.29) is 12.0 Å². The van der Waals surface area contributed by atoms with Crippen LogP contribution in [0.3, 0.4) is 0 Å². The highest BCUT2D eigenvalue weighted by Gasteiger charge is 2.34. The average Bonchev–Trinajstić information content (AvgIpc) is 2.72. The highest BCUT2D eigenvalue weighted by molar-refractivity contribution is 5.83. The summed E-state index contributed by atoms with van der Waals surface area (Å²) in [5.74, 6) is -5.09. The molecular weight excluding hydrogens is 421 g/mol. The van der Waals surface area contributed by atoms with Crippen LogP contribution in [0.15, 0.2) is 36.4 Å². The predicted molar refractivity (Wildman–Crippen MR) is 106 cm³/mol. The summed E-state index contributed by atoms with van der Waals surface area (Å²) < 4.78 is 95.2. The second-order valence-corrected chi connectivity index (χ2v) is 8.07. The summed E-state index contributed by atoms with van der Waals surface area (Å²) in [7, 11) is 0. The molecule has 3 rings (SSSR count). The topological polar surface area (TPSA) is 0 Å². The van der Waals surface area contributed by atoms with Gasteiger partial charge in [0, 0.05) is 11.1 Å². The van der Waals surface area contributed by atoms with Gasteiger partial charge in [0.15, 0.2) is 11.7 Å². The molecule has 0 aromatic heterocycles. The lowest BCUT2D eigenvalue weighted by Crippen LogP contribution is -2.13. The molecule has 2 aromatic rings. The van der Waals surface area contributed by atoms with E-state index in [1.54, 1.807) is 6.07 Å². The van der Waals surface area contributed by atoms with E-state index in [9.17, 15) is 30.7 Å². The Morgan fingerprint density at radius 2 is 1.55 bits per heavy atom. The molecule has 1 fully saturated rings. The molecule has 0 bridgehead atoms. The summed E-state index contributed by atoms with van der Waals surface area (Å²) in [5.41, 5.74) is -2.26. The Bertz CT molecular complexity index is 951. The molecule has 0 unspecified atom stereocenters. The van der Waals surface area contributed by atoms with Crippen molar-refractivity contribution in [3.8, 4) is 0 Å². The van der Waals surface area contributed by atoms with Crippen LogP contribution in [0.25, 0.3) is 11.7 Å². The van der Waals surface area contributed by atoms with E-state index in [0.29, 0.717) is 23.6 Å². The van der Waals surface area contributed by atoms with Crippen molar-refractivity contribution in [2.45, 2.75) is 57.5 Å². The van der Waals surface area contributed by atoms with Crippen LogP contribution in [0.2, 0.25) is 0 Å². The van der Waals surface area contributed by atoms with Gasteiger partial charge in [-0.25, -0.2) is 17.6 Å². The second kappa shape index (κ2) is 9.45. The van der Waals surface area contributed by atoms with Crippen LogP contribution in [0.5, 0.6) is 0 Å². The lowest BCUT2D eigenvalue weighted by Gasteiger charge is -2.28. The van der Waals surface area contributed by atoms with E-state index in [0.717, 1.165) is 38.2 Å². The summed E-state index contributed by atoms with van der Waals surface area (Å²) in [6, 6.07) is 5.04. The maximum absolute atomic E-state index is 14.6.